The number of hydrogen-bond acceptors (Lipinski definition) is 4. The molecule has 7 heteroatoms. The molecule has 0 bridgehead atoms. The summed E-state index contributed by atoms with van der Waals surface area (Å²) in [6.45, 7) is 3.97. The maximum absolute atomic E-state index is 12.1. The molecule has 0 aromatic heterocycles. The maximum atomic E-state index is 12.1. The quantitative estimate of drug-likeness (QED) is 0.688. The molecular weight excluding hydrogens is 375 g/mol. The van der Waals surface area contributed by atoms with Crippen molar-refractivity contribution >= 4 is 29.1 Å². The minimum atomic E-state index is -0.476. The highest BCUT2D eigenvalue weighted by Crippen LogP contribution is 2.40. The first kappa shape index (κ1) is 19.9. The van der Waals surface area contributed by atoms with E-state index in [-0.39, 0.29) is 33.8 Å². The van der Waals surface area contributed by atoms with E-state index in [1.165, 1.54) is 12.1 Å². The van der Waals surface area contributed by atoms with Gasteiger partial charge in [0.25, 0.3) is 5.91 Å². The Bertz CT molecular complexity index is 861. The van der Waals surface area contributed by atoms with Gasteiger partial charge in [-0.15, -0.1) is 0 Å². The SMILES string of the molecule is COc1ccc(Oc2c(Cl)ccc(C(=O)NCC#N)c2Cl)cc1C(C)C. The van der Waals surface area contributed by atoms with Crippen molar-refractivity contribution in [3.63, 3.8) is 0 Å². The zero-order valence-corrected chi connectivity index (χ0v) is 16.1. The third-order valence-corrected chi connectivity index (χ3v) is 4.34. The van der Waals surface area contributed by atoms with Crippen LogP contribution in [0.15, 0.2) is 30.3 Å². The number of methoxy groups -OCH3 is 1. The minimum absolute atomic E-state index is 0.0786. The molecule has 0 spiro atoms. The average Bonchev–Trinajstić information content (AvgIpc) is 2.62. The highest BCUT2D eigenvalue weighted by atomic mass is 35.5. The van der Waals surface area contributed by atoms with E-state index in [1.807, 2.05) is 26.0 Å². The van der Waals surface area contributed by atoms with Crippen LogP contribution < -0.4 is 14.8 Å². The number of carbonyl (C=O) groups is 1. The second-order valence-electron chi connectivity index (χ2n) is 5.74. The fourth-order valence-corrected chi connectivity index (χ4v) is 2.90. The number of halogens is 2. The van der Waals surface area contributed by atoms with Crippen molar-refractivity contribution in [2.45, 2.75) is 19.8 Å². The Morgan fingerprint density at radius 3 is 2.62 bits per heavy atom. The van der Waals surface area contributed by atoms with Crippen LogP contribution in [0.25, 0.3) is 0 Å². The smallest absolute Gasteiger partial charge is 0.253 e. The van der Waals surface area contributed by atoms with Crippen molar-refractivity contribution in [1.82, 2.24) is 5.32 Å². The van der Waals surface area contributed by atoms with Gasteiger partial charge in [0.05, 0.1) is 28.8 Å². The summed E-state index contributed by atoms with van der Waals surface area (Å²) < 4.78 is 11.2. The Labute approximate surface area is 162 Å². The van der Waals surface area contributed by atoms with Crippen LogP contribution in [-0.2, 0) is 0 Å². The minimum Gasteiger partial charge on any atom is -0.496 e. The third-order valence-electron chi connectivity index (χ3n) is 3.66. The van der Waals surface area contributed by atoms with E-state index in [4.69, 9.17) is 37.9 Å². The summed E-state index contributed by atoms with van der Waals surface area (Å²) in [5.41, 5.74) is 1.15. The molecule has 0 saturated carbocycles. The molecule has 1 amide bonds. The molecule has 0 radical (unpaired) electrons. The standard InChI is InChI=1S/C19H18Cl2N2O3/c1-11(2)14-10-12(4-7-16(14)25-3)26-18-15(20)6-5-13(17(18)21)19(24)23-9-8-22/h4-7,10-11H,9H2,1-3H3,(H,23,24). The van der Waals surface area contributed by atoms with Crippen molar-refractivity contribution in [3.05, 3.63) is 51.5 Å². The van der Waals surface area contributed by atoms with Crippen molar-refractivity contribution < 1.29 is 14.3 Å². The predicted octanol–water partition coefficient (Wildman–Crippen LogP) is 5.17. The van der Waals surface area contributed by atoms with E-state index in [1.54, 1.807) is 19.2 Å². The van der Waals surface area contributed by atoms with Crippen LogP contribution in [0.5, 0.6) is 17.2 Å². The topological polar surface area (TPSA) is 71.3 Å². The van der Waals surface area contributed by atoms with Crippen LogP contribution in [-0.4, -0.2) is 19.6 Å². The average molecular weight is 393 g/mol. The maximum Gasteiger partial charge on any atom is 0.253 e. The number of nitriles is 1. The second kappa shape index (κ2) is 8.79. The van der Waals surface area contributed by atoms with Crippen LogP contribution in [0.4, 0.5) is 0 Å². The first-order valence-corrected chi connectivity index (χ1v) is 8.63. The lowest BCUT2D eigenvalue weighted by Gasteiger charge is -2.16. The number of amides is 1. The number of hydrogen-bond donors (Lipinski definition) is 1. The van der Waals surface area contributed by atoms with Gasteiger partial charge >= 0.3 is 0 Å². The van der Waals surface area contributed by atoms with E-state index in [0.717, 1.165) is 11.3 Å². The summed E-state index contributed by atoms with van der Waals surface area (Å²) in [4.78, 5) is 12.1. The van der Waals surface area contributed by atoms with Crippen LogP contribution in [0.1, 0.15) is 35.7 Å². The predicted molar refractivity (Wildman–Crippen MR) is 102 cm³/mol. The molecule has 136 valence electrons. The van der Waals surface area contributed by atoms with Gasteiger partial charge in [-0.1, -0.05) is 37.0 Å². The van der Waals surface area contributed by atoms with Crippen molar-refractivity contribution in [3.8, 4) is 23.3 Å². The molecule has 0 saturated heterocycles. The van der Waals surface area contributed by atoms with Gasteiger partial charge in [-0.3, -0.25) is 4.79 Å². The Kier molecular flexibility index (Phi) is 6.73. The van der Waals surface area contributed by atoms with Gasteiger partial charge in [0.1, 0.15) is 18.0 Å². The Balaban J connectivity index is 2.39. The van der Waals surface area contributed by atoms with Gasteiger partial charge in [-0.2, -0.15) is 5.26 Å². The van der Waals surface area contributed by atoms with E-state index in [0.29, 0.717) is 5.75 Å². The Hall–Kier alpha value is -2.42. The molecule has 0 aliphatic carbocycles. The highest BCUT2D eigenvalue weighted by molar-refractivity contribution is 6.39. The zero-order valence-electron chi connectivity index (χ0n) is 14.6. The van der Waals surface area contributed by atoms with Crippen LogP contribution >= 0.6 is 23.2 Å². The molecule has 2 aromatic carbocycles. The number of ether oxygens (including phenoxy) is 2. The lowest BCUT2D eigenvalue weighted by atomic mass is 10.0. The molecule has 0 atom stereocenters. The molecule has 0 aliphatic heterocycles. The molecular formula is C19H18Cl2N2O3. The molecule has 2 rings (SSSR count). The van der Waals surface area contributed by atoms with Crippen molar-refractivity contribution in [1.29, 1.82) is 5.26 Å². The Morgan fingerprint density at radius 1 is 1.27 bits per heavy atom. The summed E-state index contributed by atoms with van der Waals surface area (Å²) in [7, 11) is 1.61. The summed E-state index contributed by atoms with van der Waals surface area (Å²) >= 11 is 12.5. The van der Waals surface area contributed by atoms with Crippen LogP contribution in [0.2, 0.25) is 10.0 Å². The van der Waals surface area contributed by atoms with Gasteiger partial charge < -0.3 is 14.8 Å². The molecule has 0 aliphatic rings. The first-order valence-electron chi connectivity index (χ1n) is 7.88. The van der Waals surface area contributed by atoms with Crippen LogP contribution in [0, 0.1) is 11.3 Å². The largest absolute Gasteiger partial charge is 0.496 e. The third kappa shape index (κ3) is 4.40. The van der Waals surface area contributed by atoms with Gasteiger partial charge in [-0.25, -0.2) is 0 Å². The van der Waals surface area contributed by atoms with E-state index in [2.05, 4.69) is 5.32 Å². The lowest BCUT2D eigenvalue weighted by molar-refractivity contribution is 0.0958. The van der Waals surface area contributed by atoms with Crippen molar-refractivity contribution in [2.75, 3.05) is 13.7 Å². The van der Waals surface area contributed by atoms with E-state index < -0.39 is 5.91 Å². The molecule has 26 heavy (non-hydrogen) atoms. The molecule has 0 heterocycles. The van der Waals surface area contributed by atoms with Gasteiger partial charge in [0.15, 0.2) is 5.75 Å². The normalized spacial score (nSPS) is 10.3. The summed E-state index contributed by atoms with van der Waals surface area (Å²) in [6, 6.07) is 10.2. The van der Waals surface area contributed by atoms with Crippen molar-refractivity contribution in [2.24, 2.45) is 0 Å². The molecule has 2 aromatic rings. The molecule has 1 N–H and O–H groups in total. The van der Waals surface area contributed by atoms with Gasteiger partial charge in [0.2, 0.25) is 0 Å². The summed E-state index contributed by atoms with van der Waals surface area (Å²) in [5, 5.41) is 11.4. The zero-order chi connectivity index (χ0) is 19.3. The second-order valence-corrected chi connectivity index (χ2v) is 6.52. The molecule has 0 fully saturated rings. The van der Waals surface area contributed by atoms with Gasteiger partial charge in [-0.05, 0) is 36.2 Å². The van der Waals surface area contributed by atoms with Gasteiger partial charge in [0, 0.05) is 5.56 Å². The molecule has 5 nitrogen and oxygen atoms in total. The number of nitrogens with zero attached hydrogens (tertiary/aromatic N) is 1. The fraction of sp³-hybridized carbons (Fsp3) is 0.263. The summed E-state index contributed by atoms with van der Waals surface area (Å²) in [5.74, 6) is 1.21. The fourth-order valence-electron chi connectivity index (χ4n) is 2.36. The highest BCUT2D eigenvalue weighted by Gasteiger charge is 2.19. The lowest BCUT2D eigenvalue weighted by Crippen LogP contribution is -2.23. The number of nitrogens with one attached hydrogen (secondary N) is 1. The monoisotopic (exact) mass is 392 g/mol. The summed E-state index contributed by atoms with van der Waals surface area (Å²) in [6.07, 6.45) is 0. The van der Waals surface area contributed by atoms with E-state index >= 15 is 0 Å². The first-order chi connectivity index (χ1) is 12.4. The number of benzene rings is 2. The van der Waals surface area contributed by atoms with Crippen LogP contribution in [0.3, 0.4) is 0 Å². The number of carbonyl (C=O) groups excluding carboxylic acids is 1. The van der Waals surface area contributed by atoms with E-state index in [9.17, 15) is 4.79 Å². The Morgan fingerprint density at radius 2 is 2.00 bits per heavy atom. The molecule has 0 unspecified atom stereocenters. The number of rotatable bonds is 6.